The molecule has 0 aliphatic rings. The molecule has 2 N–H and O–H groups in total. The summed E-state index contributed by atoms with van der Waals surface area (Å²) in [5.41, 5.74) is 5.42. The monoisotopic (exact) mass is 205 g/mol. The fraction of sp³-hybridized carbons (Fsp3) is 0.333. The third kappa shape index (κ3) is 2.94. The Labute approximate surface area is 80.5 Å². The maximum atomic E-state index is 13.2. The molecular formula is C9H10ClF2N. The zero-order valence-corrected chi connectivity index (χ0v) is 7.69. The van der Waals surface area contributed by atoms with Gasteiger partial charge in [0.2, 0.25) is 0 Å². The molecule has 0 saturated heterocycles. The van der Waals surface area contributed by atoms with E-state index in [2.05, 4.69) is 0 Å². The lowest BCUT2D eigenvalue weighted by Gasteiger charge is -2.07. The van der Waals surface area contributed by atoms with Crippen LogP contribution in [0.15, 0.2) is 18.2 Å². The zero-order chi connectivity index (χ0) is 9.84. The molecule has 0 radical (unpaired) electrons. The number of hydrogen-bond donors (Lipinski definition) is 1. The maximum Gasteiger partial charge on any atom is 0.126 e. The Morgan fingerprint density at radius 1 is 1.38 bits per heavy atom. The lowest BCUT2D eigenvalue weighted by atomic mass is 10.1. The minimum Gasteiger partial charge on any atom is -0.330 e. The molecule has 0 aliphatic heterocycles. The van der Waals surface area contributed by atoms with Crippen molar-refractivity contribution in [1.82, 2.24) is 0 Å². The fourth-order valence-corrected chi connectivity index (χ4v) is 1.30. The van der Waals surface area contributed by atoms with Crippen LogP contribution in [0.2, 0.25) is 5.02 Å². The van der Waals surface area contributed by atoms with Crippen LogP contribution in [0.25, 0.3) is 0 Å². The molecule has 1 rings (SSSR count). The predicted octanol–water partition coefficient (Wildman–Crippen LogP) is 2.84. The van der Waals surface area contributed by atoms with E-state index >= 15 is 0 Å². The van der Waals surface area contributed by atoms with Crippen LogP contribution in [-0.2, 0) is 0 Å². The van der Waals surface area contributed by atoms with E-state index in [1.807, 2.05) is 0 Å². The van der Waals surface area contributed by atoms with Gasteiger partial charge in [-0.3, -0.25) is 0 Å². The number of hydrogen-bond acceptors (Lipinski definition) is 1. The van der Waals surface area contributed by atoms with Gasteiger partial charge in [0.05, 0.1) is 0 Å². The van der Waals surface area contributed by atoms with Crippen molar-refractivity contribution >= 4 is 11.6 Å². The van der Waals surface area contributed by atoms with Gasteiger partial charge in [-0.25, -0.2) is 8.78 Å². The Hall–Kier alpha value is -0.670. The molecule has 13 heavy (non-hydrogen) atoms. The Kier molecular flexibility index (Phi) is 3.63. The molecule has 0 aliphatic carbocycles. The Morgan fingerprint density at radius 2 is 2.08 bits per heavy atom. The molecule has 1 aromatic rings. The Balaban J connectivity index is 2.87. The van der Waals surface area contributed by atoms with Crippen LogP contribution < -0.4 is 5.73 Å². The van der Waals surface area contributed by atoms with Gasteiger partial charge in [0.15, 0.2) is 0 Å². The van der Waals surface area contributed by atoms with E-state index < -0.39 is 12.0 Å². The van der Waals surface area contributed by atoms with Crippen molar-refractivity contribution in [2.45, 2.75) is 12.6 Å². The van der Waals surface area contributed by atoms with Crippen molar-refractivity contribution in [1.29, 1.82) is 0 Å². The van der Waals surface area contributed by atoms with Gasteiger partial charge >= 0.3 is 0 Å². The largest absolute Gasteiger partial charge is 0.330 e. The summed E-state index contributed by atoms with van der Waals surface area (Å²) in [5.74, 6) is -0.526. The first-order valence-electron chi connectivity index (χ1n) is 3.93. The molecule has 1 atom stereocenters. The minimum atomic E-state index is -1.24. The number of nitrogens with two attached hydrogens (primary N) is 1. The highest BCUT2D eigenvalue weighted by Gasteiger charge is 2.10. The first-order valence-corrected chi connectivity index (χ1v) is 4.31. The van der Waals surface area contributed by atoms with Crippen LogP contribution in [0.5, 0.6) is 0 Å². The van der Waals surface area contributed by atoms with Crippen molar-refractivity contribution in [3.63, 3.8) is 0 Å². The number of benzene rings is 1. The third-order valence-electron chi connectivity index (χ3n) is 1.67. The summed E-state index contributed by atoms with van der Waals surface area (Å²) in [6, 6.07) is 3.68. The highest BCUT2D eigenvalue weighted by molar-refractivity contribution is 6.30. The molecule has 0 heterocycles. The normalized spacial score (nSPS) is 12.9. The average Bonchev–Trinajstić information content (AvgIpc) is 2.03. The maximum absolute atomic E-state index is 13.2. The van der Waals surface area contributed by atoms with Crippen LogP contribution in [0.1, 0.15) is 18.2 Å². The van der Waals surface area contributed by atoms with Crippen LogP contribution in [-0.4, -0.2) is 6.54 Å². The van der Waals surface area contributed by atoms with Crippen LogP contribution in [0, 0.1) is 5.82 Å². The predicted molar refractivity (Wildman–Crippen MR) is 48.9 cm³/mol. The molecule has 1 nitrogen and oxygen atoms in total. The summed E-state index contributed by atoms with van der Waals surface area (Å²) in [5, 5.41) is 0.203. The van der Waals surface area contributed by atoms with Crippen LogP contribution >= 0.6 is 11.6 Å². The topological polar surface area (TPSA) is 26.0 Å². The van der Waals surface area contributed by atoms with Gasteiger partial charge in [0.25, 0.3) is 0 Å². The van der Waals surface area contributed by atoms with Gasteiger partial charge in [-0.05, 0) is 36.7 Å². The van der Waals surface area contributed by atoms with Crippen molar-refractivity contribution in [2.75, 3.05) is 6.54 Å². The SMILES string of the molecule is NCCC(F)c1cc(F)cc(Cl)c1. The van der Waals surface area contributed by atoms with E-state index in [1.54, 1.807) is 0 Å². The van der Waals surface area contributed by atoms with Crippen LogP contribution in [0.4, 0.5) is 8.78 Å². The van der Waals surface area contributed by atoms with E-state index in [0.29, 0.717) is 0 Å². The average molecular weight is 206 g/mol. The summed E-state index contributed by atoms with van der Waals surface area (Å²) >= 11 is 5.56. The van der Waals surface area contributed by atoms with E-state index in [-0.39, 0.29) is 23.6 Å². The van der Waals surface area contributed by atoms with Gasteiger partial charge in [-0.2, -0.15) is 0 Å². The molecule has 0 fully saturated rings. The van der Waals surface area contributed by atoms with E-state index in [1.165, 1.54) is 6.07 Å². The summed E-state index contributed by atoms with van der Waals surface area (Å²) in [6.07, 6.45) is -1.06. The standard InChI is InChI=1S/C9H10ClF2N/c10-7-3-6(4-8(11)5-7)9(12)1-2-13/h3-5,9H,1-2,13H2. The number of rotatable bonds is 3. The van der Waals surface area contributed by atoms with E-state index in [9.17, 15) is 8.78 Å². The lowest BCUT2D eigenvalue weighted by Crippen LogP contribution is -2.03. The summed E-state index contributed by atoms with van der Waals surface area (Å²) < 4.78 is 25.9. The lowest BCUT2D eigenvalue weighted by molar-refractivity contribution is 0.326. The van der Waals surface area contributed by atoms with Crippen LogP contribution in [0.3, 0.4) is 0 Å². The van der Waals surface area contributed by atoms with Crippen molar-refractivity contribution in [3.8, 4) is 0 Å². The molecule has 72 valence electrons. The summed E-state index contributed by atoms with van der Waals surface area (Å²) in [7, 11) is 0. The second-order valence-corrected chi connectivity index (χ2v) is 3.18. The van der Waals surface area contributed by atoms with E-state index in [0.717, 1.165) is 12.1 Å². The first kappa shape index (κ1) is 10.4. The molecule has 0 amide bonds. The van der Waals surface area contributed by atoms with Crippen molar-refractivity contribution < 1.29 is 8.78 Å². The second kappa shape index (κ2) is 4.53. The molecule has 1 aromatic carbocycles. The molecule has 0 bridgehead atoms. The van der Waals surface area contributed by atoms with Gasteiger partial charge in [0.1, 0.15) is 12.0 Å². The van der Waals surface area contributed by atoms with Crippen molar-refractivity contribution in [2.24, 2.45) is 5.73 Å². The van der Waals surface area contributed by atoms with Gasteiger partial charge < -0.3 is 5.73 Å². The Morgan fingerprint density at radius 3 is 2.62 bits per heavy atom. The van der Waals surface area contributed by atoms with Crippen molar-refractivity contribution in [3.05, 3.63) is 34.6 Å². The molecule has 1 unspecified atom stereocenters. The number of halogens is 3. The number of alkyl halides is 1. The molecule has 4 heteroatoms. The highest BCUT2D eigenvalue weighted by Crippen LogP contribution is 2.24. The van der Waals surface area contributed by atoms with E-state index in [4.69, 9.17) is 17.3 Å². The molecule has 0 spiro atoms. The quantitative estimate of drug-likeness (QED) is 0.807. The summed E-state index contributed by atoms with van der Waals surface area (Å²) in [4.78, 5) is 0. The second-order valence-electron chi connectivity index (χ2n) is 2.75. The highest BCUT2D eigenvalue weighted by atomic mass is 35.5. The van der Waals surface area contributed by atoms with Gasteiger partial charge in [-0.1, -0.05) is 11.6 Å². The first-order chi connectivity index (χ1) is 6.13. The Bertz CT molecular complexity index is 271. The smallest absolute Gasteiger partial charge is 0.126 e. The summed E-state index contributed by atoms with van der Waals surface area (Å²) in [6.45, 7) is 0.231. The molecular weight excluding hydrogens is 196 g/mol. The van der Waals surface area contributed by atoms with Gasteiger partial charge in [0, 0.05) is 5.02 Å². The zero-order valence-electron chi connectivity index (χ0n) is 6.93. The molecule has 0 aromatic heterocycles. The third-order valence-corrected chi connectivity index (χ3v) is 1.88. The molecule has 0 saturated carbocycles. The fourth-order valence-electron chi connectivity index (χ4n) is 1.07. The van der Waals surface area contributed by atoms with Gasteiger partial charge in [-0.15, -0.1) is 0 Å². The minimum absolute atomic E-state index is 0.180.